The average Bonchev–Trinajstić information content (AvgIpc) is 2.35. The number of aryl methyl sites for hydroxylation is 1. The van der Waals surface area contributed by atoms with E-state index in [-0.39, 0.29) is 24.1 Å². The molecule has 0 aliphatic carbocycles. The van der Waals surface area contributed by atoms with Gasteiger partial charge in [0, 0.05) is 6.04 Å². The highest BCUT2D eigenvalue weighted by Crippen LogP contribution is 2.19. The Bertz CT molecular complexity index is 472. The number of amides is 1. The lowest BCUT2D eigenvalue weighted by atomic mass is 10.1. The second-order valence-corrected chi connectivity index (χ2v) is 4.54. The van der Waals surface area contributed by atoms with Gasteiger partial charge >= 0.3 is 5.97 Å². The summed E-state index contributed by atoms with van der Waals surface area (Å²) in [6.45, 7) is 5.89. The molecule has 1 amide bonds. The predicted molar refractivity (Wildman–Crippen MR) is 74.5 cm³/mol. The van der Waals surface area contributed by atoms with E-state index in [1.165, 1.54) is 0 Å². The van der Waals surface area contributed by atoms with Crippen LogP contribution >= 0.6 is 0 Å². The Morgan fingerprint density at radius 1 is 1.37 bits per heavy atom. The Hall–Kier alpha value is -1.88. The molecule has 5 heteroatoms. The first-order valence-electron chi connectivity index (χ1n) is 6.31. The highest BCUT2D eigenvalue weighted by atomic mass is 16.4. The molecule has 0 radical (unpaired) electrons. The Balaban J connectivity index is 2.74. The van der Waals surface area contributed by atoms with Crippen LogP contribution in [0.2, 0.25) is 0 Å². The van der Waals surface area contributed by atoms with E-state index in [1.807, 2.05) is 13.8 Å². The zero-order valence-corrected chi connectivity index (χ0v) is 11.5. The highest BCUT2D eigenvalue weighted by molar-refractivity contribution is 6.02. The minimum Gasteiger partial charge on any atom is -0.478 e. The summed E-state index contributed by atoms with van der Waals surface area (Å²) in [5, 5.41) is 14.8. The van der Waals surface area contributed by atoms with Crippen LogP contribution in [-0.2, 0) is 4.79 Å². The van der Waals surface area contributed by atoms with Crippen molar-refractivity contribution in [1.82, 2.24) is 5.32 Å². The van der Waals surface area contributed by atoms with Gasteiger partial charge in [0.25, 0.3) is 0 Å². The first kappa shape index (κ1) is 15.2. The second-order valence-electron chi connectivity index (χ2n) is 4.54. The Morgan fingerprint density at radius 2 is 2.05 bits per heavy atom. The van der Waals surface area contributed by atoms with Crippen LogP contribution in [0.1, 0.15) is 36.2 Å². The summed E-state index contributed by atoms with van der Waals surface area (Å²) in [7, 11) is 0. The van der Waals surface area contributed by atoms with E-state index in [4.69, 9.17) is 5.11 Å². The van der Waals surface area contributed by atoms with Gasteiger partial charge in [-0.3, -0.25) is 4.79 Å². The fourth-order valence-corrected chi connectivity index (χ4v) is 1.66. The van der Waals surface area contributed by atoms with E-state index >= 15 is 0 Å². The molecule has 0 fully saturated rings. The van der Waals surface area contributed by atoms with Crippen LogP contribution in [0.15, 0.2) is 18.2 Å². The molecule has 3 N–H and O–H groups in total. The fraction of sp³-hybridized carbons (Fsp3) is 0.429. The number of rotatable bonds is 6. The third-order valence-electron chi connectivity index (χ3n) is 2.98. The molecule has 0 spiro atoms. The van der Waals surface area contributed by atoms with Gasteiger partial charge in [0.1, 0.15) is 0 Å². The number of carboxylic acid groups (broad SMARTS) is 1. The predicted octanol–water partition coefficient (Wildman–Crippen LogP) is 2.02. The maximum atomic E-state index is 11.8. The molecule has 0 aliphatic rings. The van der Waals surface area contributed by atoms with Crippen molar-refractivity contribution in [2.75, 3.05) is 11.9 Å². The first-order chi connectivity index (χ1) is 8.95. The van der Waals surface area contributed by atoms with Crippen molar-refractivity contribution < 1.29 is 14.7 Å². The van der Waals surface area contributed by atoms with Crippen LogP contribution in [0, 0.1) is 6.92 Å². The standard InChI is InChI=1S/C14H20N2O3/c1-4-10(3)15-8-12(17)16-11-7-5-6-9(2)13(11)14(18)19/h5-7,10,15H,4,8H2,1-3H3,(H,16,17)(H,18,19). The van der Waals surface area contributed by atoms with Gasteiger partial charge in [-0.2, -0.15) is 0 Å². The van der Waals surface area contributed by atoms with Crippen LogP contribution in [0.5, 0.6) is 0 Å². The second kappa shape index (κ2) is 6.89. The van der Waals surface area contributed by atoms with Gasteiger partial charge in [0.15, 0.2) is 0 Å². The number of carboxylic acids is 1. The van der Waals surface area contributed by atoms with E-state index < -0.39 is 5.97 Å². The van der Waals surface area contributed by atoms with Crippen molar-refractivity contribution in [2.24, 2.45) is 0 Å². The van der Waals surface area contributed by atoms with Gasteiger partial charge in [-0.15, -0.1) is 0 Å². The number of nitrogens with one attached hydrogen (secondary N) is 2. The monoisotopic (exact) mass is 264 g/mol. The lowest BCUT2D eigenvalue weighted by Gasteiger charge is -2.13. The van der Waals surface area contributed by atoms with Crippen molar-refractivity contribution in [1.29, 1.82) is 0 Å². The molecule has 0 heterocycles. The summed E-state index contributed by atoms with van der Waals surface area (Å²) in [5.41, 5.74) is 1.10. The molecule has 5 nitrogen and oxygen atoms in total. The molecule has 0 saturated heterocycles. The molecule has 0 saturated carbocycles. The van der Waals surface area contributed by atoms with E-state index in [0.29, 0.717) is 11.3 Å². The molecule has 0 aliphatic heterocycles. The zero-order chi connectivity index (χ0) is 14.4. The van der Waals surface area contributed by atoms with Crippen LogP contribution < -0.4 is 10.6 Å². The maximum Gasteiger partial charge on any atom is 0.338 e. The number of carbonyl (C=O) groups excluding carboxylic acids is 1. The summed E-state index contributed by atoms with van der Waals surface area (Å²) in [5.74, 6) is -1.28. The highest BCUT2D eigenvalue weighted by Gasteiger charge is 2.14. The Kier molecular flexibility index (Phi) is 5.51. The molecular weight excluding hydrogens is 244 g/mol. The number of carbonyl (C=O) groups is 2. The maximum absolute atomic E-state index is 11.8. The lowest BCUT2D eigenvalue weighted by molar-refractivity contribution is -0.115. The number of anilines is 1. The van der Waals surface area contributed by atoms with Gasteiger partial charge in [-0.05, 0) is 31.9 Å². The zero-order valence-electron chi connectivity index (χ0n) is 11.5. The summed E-state index contributed by atoms with van der Waals surface area (Å²) >= 11 is 0. The van der Waals surface area contributed by atoms with Crippen LogP contribution in [0.3, 0.4) is 0 Å². The normalized spacial score (nSPS) is 11.9. The minimum atomic E-state index is -1.04. The average molecular weight is 264 g/mol. The Morgan fingerprint density at radius 3 is 2.63 bits per heavy atom. The topological polar surface area (TPSA) is 78.4 Å². The van der Waals surface area contributed by atoms with E-state index in [0.717, 1.165) is 6.42 Å². The molecular formula is C14H20N2O3. The summed E-state index contributed by atoms with van der Waals surface area (Å²) in [6, 6.07) is 5.27. The third-order valence-corrected chi connectivity index (χ3v) is 2.98. The SMILES string of the molecule is CCC(C)NCC(=O)Nc1cccc(C)c1C(=O)O. The molecule has 1 aromatic rings. The number of aromatic carboxylic acids is 1. The van der Waals surface area contributed by atoms with E-state index in [9.17, 15) is 9.59 Å². The smallest absolute Gasteiger partial charge is 0.338 e. The number of hydrogen-bond acceptors (Lipinski definition) is 3. The van der Waals surface area contributed by atoms with Gasteiger partial charge < -0.3 is 15.7 Å². The van der Waals surface area contributed by atoms with Gasteiger partial charge in [-0.25, -0.2) is 4.79 Å². The third kappa shape index (κ3) is 4.37. The van der Waals surface area contributed by atoms with Gasteiger partial charge in [0.05, 0.1) is 17.8 Å². The molecule has 0 aromatic heterocycles. The van der Waals surface area contributed by atoms with Crippen LogP contribution in [0.4, 0.5) is 5.69 Å². The fourth-order valence-electron chi connectivity index (χ4n) is 1.66. The lowest BCUT2D eigenvalue weighted by Crippen LogP contribution is -2.34. The van der Waals surface area contributed by atoms with Crippen molar-refractivity contribution in [2.45, 2.75) is 33.2 Å². The van der Waals surface area contributed by atoms with E-state index in [2.05, 4.69) is 10.6 Å². The van der Waals surface area contributed by atoms with Gasteiger partial charge in [0.2, 0.25) is 5.91 Å². The molecule has 0 bridgehead atoms. The van der Waals surface area contributed by atoms with Crippen molar-refractivity contribution in [3.63, 3.8) is 0 Å². The quantitative estimate of drug-likeness (QED) is 0.734. The minimum absolute atomic E-state index is 0.138. The molecule has 19 heavy (non-hydrogen) atoms. The van der Waals surface area contributed by atoms with Gasteiger partial charge in [-0.1, -0.05) is 19.1 Å². The molecule has 1 unspecified atom stereocenters. The van der Waals surface area contributed by atoms with Crippen molar-refractivity contribution in [3.05, 3.63) is 29.3 Å². The molecule has 1 rings (SSSR count). The van der Waals surface area contributed by atoms with E-state index in [1.54, 1.807) is 25.1 Å². The number of hydrogen-bond donors (Lipinski definition) is 3. The summed E-state index contributed by atoms with van der Waals surface area (Å²) in [4.78, 5) is 22.9. The molecule has 104 valence electrons. The van der Waals surface area contributed by atoms with Crippen molar-refractivity contribution >= 4 is 17.6 Å². The molecule has 1 aromatic carbocycles. The summed E-state index contributed by atoms with van der Waals surface area (Å²) in [6.07, 6.45) is 0.929. The first-order valence-corrected chi connectivity index (χ1v) is 6.31. The molecule has 1 atom stereocenters. The van der Waals surface area contributed by atoms with Crippen LogP contribution in [0.25, 0.3) is 0 Å². The summed E-state index contributed by atoms with van der Waals surface area (Å²) < 4.78 is 0. The Labute approximate surface area is 113 Å². The van der Waals surface area contributed by atoms with Crippen LogP contribution in [-0.4, -0.2) is 29.6 Å². The number of benzene rings is 1. The van der Waals surface area contributed by atoms with Crippen molar-refractivity contribution in [3.8, 4) is 0 Å². The largest absolute Gasteiger partial charge is 0.478 e.